The van der Waals surface area contributed by atoms with E-state index in [-0.39, 0.29) is 5.92 Å². The van der Waals surface area contributed by atoms with E-state index >= 15 is 0 Å². The summed E-state index contributed by atoms with van der Waals surface area (Å²) in [6.45, 7) is 2.15. The molecule has 0 heterocycles. The molecule has 0 saturated heterocycles. The Morgan fingerprint density at radius 3 is 2.48 bits per heavy atom. The van der Waals surface area contributed by atoms with Gasteiger partial charge in [-0.2, -0.15) is 0 Å². The van der Waals surface area contributed by atoms with Crippen molar-refractivity contribution < 1.29 is 5.11 Å². The Bertz CT molecular complexity index is 568. The summed E-state index contributed by atoms with van der Waals surface area (Å²) in [7, 11) is 0. The number of rotatable bonds is 6. The van der Waals surface area contributed by atoms with E-state index in [0.29, 0.717) is 5.02 Å². The van der Waals surface area contributed by atoms with E-state index < -0.39 is 6.10 Å². The minimum atomic E-state index is -0.479. The van der Waals surface area contributed by atoms with Crippen LogP contribution in [0.15, 0.2) is 53.0 Å². The van der Waals surface area contributed by atoms with Gasteiger partial charge in [0.15, 0.2) is 0 Å². The van der Waals surface area contributed by atoms with E-state index in [1.165, 1.54) is 5.56 Å². The smallest absolute Gasteiger partial charge is 0.0821 e. The van der Waals surface area contributed by atoms with Crippen molar-refractivity contribution in [2.75, 3.05) is 0 Å². The van der Waals surface area contributed by atoms with Gasteiger partial charge in [0.2, 0.25) is 0 Å². The molecule has 0 spiro atoms. The van der Waals surface area contributed by atoms with Gasteiger partial charge in [-0.15, -0.1) is 0 Å². The summed E-state index contributed by atoms with van der Waals surface area (Å²) in [6, 6.07) is 15.8. The molecule has 0 bridgehead atoms. The van der Waals surface area contributed by atoms with Crippen LogP contribution in [-0.2, 0) is 6.42 Å². The lowest BCUT2D eigenvalue weighted by Gasteiger charge is -2.23. The molecule has 0 radical (unpaired) electrons. The molecule has 0 aliphatic carbocycles. The van der Waals surface area contributed by atoms with Crippen LogP contribution in [0.4, 0.5) is 0 Å². The van der Waals surface area contributed by atoms with Gasteiger partial charge >= 0.3 is 0 Å². The second kappa shape index (κ2) is 7.98. The molecule has 0 aliphatic heterocycles. The fourth-order valence-electron chi connectivity index (χ4n) is 2.63. The number of aliphatic hydroxyl groups excluding tert-OH is 1. The zero-order valence-corrected chi connectivity index (χ0v) is 14.4. The number of benzene rings is 2. The number of halogens is 2. The van der Waals surface area contributed by atoms with Gasteiger partial charge < -0.3 is 5.11 Å². The van der Waals surface area contributed by atoms with Crippen molar-refractivity contribution in [2.45, 2.75) is 32.3 Å². The van der Waals surface area contributed by atoms with Crippen molar-refractivity contribution in [2.24, 2.45) is 5.92 Å². The zero-order valence-electron chi connectivity index (χ0n) is 12.1. The van der Waals surface area contributed by atoms with Crippen molar-refractivity contribution in [1.82, 2.24) is 0 Å². The quantitative estimate of drug-likeness (QED) is 0.684. The van der Waals surface area contributed by atoms with Crippen LogP contribution in [0.25, 0.3) is 0 Å². The summed E-state index contributed by atoms with van der Waals surface area (Å²) in [5.74, 6) is 0.203. The molecule has 0 fully saturated rings. The SMILES string of the molecule is CCCC(Cc1ccc(Br)cc1)C(O)c1cccc(Cl)c1. The molecule has 21 heavy (non-hydrogen) atoms. The molecule has 1 nitrogen and oxygen atoms in total. The average Bonchev–Trinajstić information content (AvgIpc) is 2.48. The van der Waals surface area contributed by atoms with Crippen molar-refractivity contribution in [3.05, 3.63) is 69.2 Å². The van der Waals surface area contributed by atoms with E-state index in [0.717, 1.165) is 29.3 Å². The van der Waals surface area contributed by atoms with E-state index in [4.69, 9.17) is 11.6 Å². The topological polar surface area (TPSA) is 20.2 Å². The molecular weight excluding hydrogens is 348 g/mol. The van der Waals surface area contributed by atoms with Gasteiger partial charge in [-0.3, -0.25) is 0 Å². The van der Waals surface area contributed by atoms with Gasteiger partial charge in [0.25, 0.3) is 0 Å². The molecule has 2 atom stereocenters. The van der Waals surface area contributed by atoms with Gasteiger partial charge in [-0.05, 0) is 54.2 Å². The molecular formula is C18H20BrClO. The molecule has 2 aromatic carbocycles. The summed E-state index contributed by atoms with van der Waals surface area (Å²) in [5.41, 5.74) is 2.15. The number of hydrogen-bond acceptors (Lipinski definition) is 1. The molecule has 0 saturated carbocycles. The van der Waals surface area contributed by atoms with E-state index in [1.807, 2.05) is 36.4 Å². The second-order valence-corrected chi connectivity index (χ2v) is 6.73. The zero-order chi connectivity index (χ0) is 15.2. The van der Waals surface area contributed by atoms with E-state index in [2.05, 4.69) is 35.0 Å². The number of aliphatic hydroxyl groups is 1. The van der Waals surface area contributed by atoms with Gasteiger partial charge in [0, 0.05) is 9.50 Å². The van der Waals surface area contributed by atoms with Gasteiger partial charge in [0.1, 0.15) is 0 Å². The predicted octanol–water partition coefficient (Wildman–Crippen LogP) is 5.79. The highest BCUT2D eigenvalue weighted by molar-refractivity contribution is 9.10. The molecule has 1 N–H and O–H groups in total. The Hall–Kier alpha value is -0.830. The minimum Gasteiger partial charge on any atom is -0.388 e. The predicted molar refractivity (Wildman–Crippen MR) is 92.7 cm³/mol. The largest absolute Gasteiger partial charge is 0.388 e. The molecule has 0 aliphatic rings. The fourth-order valence-corrected chi connectivity index (χ4v) is 3.09. The summed E-state index contributed by atoms with van der Waals surface area (Å²) in [4.78, 5) is 0. The molecule has 2 rings (SSSR count). The summed E-state index contributed by atoms with van der Waals surface area (Å²) >= 11 is 9.48. The maximum atomic E-state index is 10.7. The van der Waals surface area contributed by atoms with Crippen LogP contribution < -0.4 is 0 Å². The van der Waals surface area contributed by atoms with Crippen molar-refractivity contribution in [1.29, 1.82) is 0 Å². The number of hydrogen-bond donors (Lipinski definition) is 1. The van der Waals surface area contributed by atoms with Crippen LogP contribution in [0, 0.1) is 5.92 Å². The van der Waals surface area contributed by atoms with Crippen LogP contribution in [0.3, 0.4) is 0 Å². The van der Waals surface area contributed by atoms with Crippen LogP contribution in [-0.4, -0.2) is 5.11 Å². The highest BCUT2D eigenvalue weighted by Gasteiger charge is 2.20. The standard InChI is InChI=1S/C18H20BrClO/c1-2-4-14(11-13-7-9-16(19)10-8-13)18(21)15-5-3-6-17(20)12-15/h3,5-10,12,14,18,21H,2,4,11H2,1H3. The highest BCUT2D eigenvalue weighted by atomic mass is 79.9. The molecule has 2 aromatic rings. The first-order chi connectivity index (χ1) is 10.1. The highest BCUT2D eigenvalue weighted by Crippen LogP contribution is 2.30. The lowest BCUT2D eigenvalue weighted by Crippen LogP contribution is -2.15. The molecule has 112 valence electrons. The Kier molecular flexibility index (Phi) is 6.28. The summed E-state index contributed by atoms with van der Waals surface area (Å²) < 4.78 is 1.08. The third kappa shape index (κ3) is 4.84. The summed E-state index contributed by atoms with van der Waals surface area (Å²) in [6.07, 6.45) is 2.43. The molecule has 3 heteroatoms. The van der Waals surface area contributed by atoms with E-state index in [9.17, 15) is 5.11 Å². The monoisotopic (exact) mass is 366 g/mol. The second-order valence-electron chi connectivity index (χ2n) is 5.38. The molecule has 0 aromatic heterocycles. The first-order valence-corrected chi connectivity index (χ1v) is 8.45. The third-order valence-electron chi connectivity index (χ3n) is 3.71. The summed E-state index contributed by atoms with van der Waals surface area (Å²) in [5, 5.41) is 11.4. The third-order valence-corrected chi connectivity index (χ3v) is 4.47. The van der Waals surface area contributed by atoms with Crippen LogP contribution in [0.1, 0.15) is 37.0 Å². The first-order valence-electron chi connectivity index (χ1n) is 7.28. The first kappa shape index (κ1) is 16.5. The average molecular weight is 368 g/mol. The van der Waals surface area contributed by atoms with Gasteiger partial charge in [-0.1, -0.05) is 65.1 Å². The van der Waals surface area contributed by atoms with Crippen molar-refractivity contribution in [3.63, 3.8) is 0 Å². The maximum Gasteiger partial charge on any atom is 0.0821 e. The van der Waals surface area contributed by atoms with Crippen LogP contribution >= 0.6 is 27.5 Å². The normalized spacial score (nSPS) is 13.9. The molecule has 2 unspecified atom stereocenters. The Balaban J connectivity index is 2.15. The lowest BCUT2D eigenvalue weighted by atomic mass is 9.86. The van der Waals surface area contributed by atoms with Crippen molar-refractivity contribution >= 4 is 27.5 Å². The minimum absolute atomic E-state index is 0.203. The Morgan fingerprint density at radius 2 is 1.86 bits per heavy atom. The van der Waals surface area contributed by atoms with Crippen molar-refractivity contribution in [3.8, 4) is 0 Å². The fraction of sp³-hybridized carbons (Fsp3) is 0.333. The lowest BCUT2D eigenvalue weighted by molar-refractivity contribution is 0.102. The van der Waals surface area contributed by atoms with Gasteiger partial charge in [0.05, 0.1) is 6.10 Å². The molecule has 0 amide bonds. The van der Waals surface area contributed by atoms with Crippen LogP contribution in [0.2, 0.25) is 5.02 Å². The Morgan fingerprint density at radius 1 is 1.14 bits per heavy atom. The Labute approximate surface area is 140 Å². The van der Waals surface area contributed by atoms with Gasteiger partial charge in [-0.25, -0.2) is 0 Å². The maximum absolute atomic E-state index is 10.7. The van der Waals surface area contributed by atoms with Crippen LogP contribution in [0.5, 0.6) is 0 Å². The van der Waals surface area contributed by atoms with E-state index in [1.54, 1.807) is 0 Å².